The van der Waals surface area contributed by atoms with E-state index in [-0.39, 0.29) is 0 Å². The van der Waals surface area contributed by atoms with E-state index < -0.39 is 0 Å². The minimum Gasteiger partial charge on any atom is -0.418 e. The molecule has 0 unspecified atom stereocenters. The van der Waals surface area contributed by atoms with Gasteiger partial charge in [0.1, 0.15) is 5.52 Å². The SMILES string of the molecule is c1cc(-c2nccc(-c3ccc4ccc5cccc6ccc3c4c56)n2)cc(-c2nc3cccnc3o2)c1. The first-order valence-corrected chi connectivity index (χ1v) is 12.1. The number of hydrogen-bond acceptors (Lipinski definition) is 5. The Morgan fingerprint density at radius 3 is 2.24 bits per heavy atom. The van der Waals surface area contributed by atoms with Crippen LogP contribution < -0.4 is 0 Å². The van der Waals surface area contributed by atoms with Crippen molar-refractivity contribution >= 4 is 43.5 Å². The molecule has 0 aliphatic rings. The van der Waals surface area contributed by atoms with Gasteiger partial charge in [0.15, 0.2) is 5.82 Å². The maximum atomic E-state index is 5.88. The normalized spacial score (nSPS) is 11.8. The fourth-order valence-electron chi connectivity index (χ4n) is 5.29. The van der Waals surface area contributed by atoms with Crippen LogP contribution in [0.25, 0.3) is 77.6 Å². The smallest absolute Gasteiger partial charge is 0.247 e. The highest BCUT2D eigenvalue weighted by Crippen LogP contribution is 2.39. The molecule has 0 aliphatic heterocycles. The van der Waals surface area contributed by atoms with Gasteiger partial charge in [-0.1, -0.05) is 66.7 Å². The molecular formula is C32H18N4O. The molecule has 0 bridgehead atoms. The predicted molar refractivity (Wildman–Crippen MR) is 147 cm³/mol. The average molecular weight is 475 g/mol. The molecule has 0 radical (unpaired) electrons. The lowest BCUT2D eigenvalue weighted by atomic mass is 9.91. The van der Waals surface area contributed by atoms with Gasteiger partial charge in [-0.2, -0.15) is 0 Å². The molecule has 0 fully saturated rings. The van der Waals surface area contributed by atoms with Gasteiger partial charge in [-0.05, 0) is 62.6 Å². The molecule has 8 rings (SSSR count). The summed E-state index contributed by atoms with van der Waals surface area (Å²) in [5.74, 6) is 1.18. The molecule has 5 aromatic carbocycles. The first-order valence-electron chi connectivity index (χ1n) is 12.1. The second kappa shape index (κ2) is 7.67. The van der Waals surface area contributed by atoms with E-state index in [4.69, 9.17) is 9.40 Å². The summed E-state index contributed by atoms with van der Waals surface area (Å²) in [6, 6.07) is 33.3. The van der Waals surface area contributed by atoms with Crippen molar-refractivity contribution in [1.29, 1.82) is 0 Å². The van der Waals surface area contributed by atoms with Crippen molar-refractivity contribution in [3.63, 3.8) is 0 Å². The number of rotatable bonds is 3. The third kappa shape index (κ3) is 3.11. The summed E-state index contributed by atoms with van der Waals surface area (Å²) in [6.45, 7) is 0. The maximum Gasteiger partial charge on any atom is 0.247 e. The van der Waals surface area contributed by atoms with Crippen LogP contribution in [0.3, 0.4) is 0 Å². The highest BCUT2D eigenvalue weighted by molar-refractivity contribution is 6.25. The van der Waals surface area contributed by atoms with Crippen LogP contribution in [0.5, 0.6) is 0 Å². The Balaban J connectivity index is 1.27. The zero-order valence-corrected chi connectivity index (χ0v) is 19.6. The van der Waals surface area contributed by atoms with Crippen LogP contribution in [0.1, 0.15) is 0 Å². The van der Waals surface area contributed by atoms with Crippen molar-refractivity contribution in [1.82, 2.24) is 19.9 Å². The van der Waals surface area contributed by atoms with Gasteiger partial charge in [0, 0.05) is 29.1 Å². The minimum atomic E-state index is 0.523. The molecular weight excluding hydrogens is 456 g/mol. The number of nitrogens with zero attached hydrogens (tertiary/aromatic N) is 4. The summed E-state index contributed by atoms with van der Waals surface area (Å²) in [4.78, 5) is 18.4. The number of oxazole rings is 1. The Labute approximate surface area is 211 Å². The lowest BCUT2D eigenvalue weighted by molar-refractivity contribution is 0.608. The fraction of sp³-hybridized carbons (Fsp3) is 0. The van der Waals surface area contributed by atoms with Crippen molar-refractivity contribution in [2.45, 2.75) is 0 Å². The number of hydrogen-bond donors (Lipinski definition) is 0. The van der Waals surface area contributed by atoms with Crippen molar-refractivity contribution in [3.05, 3.63) is 109 Å². The highest BCUT2D eigenvalue weighted by atomic mass is 16.4. The highest BCUT2D eigenvalue weighted by Gasteiger charge is 2.15. The Morgan fingerprint density at radius 2 is 1.35 bits per heavy atom. The number of pyridine rings is 1. The molecule has 5 heteroatoms. The molecule has 0 aliphatic carbocycles. The van der Waals surface area contributed by atoms with E-state index in [9.17, 15) is 0 Å². The predicted octanol–water partition coefficient (Wildman–Crippen LogP) is 7.91. The molecule has 0 saturated heterocycles. The Kier molecular flexibility index (Phi) is 4.16. The fourth-order valence-corrected chi connectivity index (χ4v) is 5.29. The third-order valence-corrected chi connectivity index (χ3v) is 6.99. The summed E-state index contributed by atoms with van der Waals surface area (Å²) in [7, 11) is 0. The van der Waals surface area contributed by atoms with Gasteiger partial charge in [-0.25, -0.2) is 19.9 Å². The van der Waals surface area contributed by atoms with E-state index in [0.29, 0.717) is 17.4 Å². The molecule has 0 saturated carbocycles. The van der Waals surface area contributed by atoms with Crippen LogP contribution in [-0.2, 0) is 0 Å². The van der Waals surface area contributed by atoms with Crippen LogP contribution in [0.2, 0.25) is 0 Å². The second-order valence-corrected chi connectivity index (χ2v) is 9.16. The van der Waals surface area contributed by atoms with Gasteiger partial charge in [0.25, 0.3) is 0 Å². The topological polar surface area (TPSA) is 64.7 Å². The number of fused-ring (bicyclic) bond motifs is 1. The van der Waals surface area contributed by atoms with Gasteiger partial charge < -0.3 is 4.42 Å². The molecule has 0 atom stereocenters. The van der Waals surface area contributed by atoms with Gasteiger partial charge in [0.05, 0.1) is 5.69 Å². The number of benzene rings is 5. The lowest BCUT2D eigenvalue weighted by Gasteiger charge is -2.14. The van der Waals surface area contributed by atoms with E-state index in [1.54, 1.807) is 6.20 Å². The molecule has 5 nitrogen and oxygen atoms in total. The first kappa shape index (κ1) is 20.1. The quantitative estimate of drug-likeness (QED) is 0.243. The molecule has 3 aromatic heterocycles. The summed E-state index contributed by atoms with van der Waals surface area (Å²) >= 11 is 0. The van der Waals surface area contributed by atoms with Crippen LogP contribution in [0, 0.1) is 0 Å². The van der Waals surface area contributed by atoms with E-state index in [0.717, 1.165) is 27.9 Å². The zero-order valence-electron chi connectivity index (χ0n) is 19.6. The van der Waals surface area contributed by atoms with Gasteiger partial charge in [0.2, 0.25) is 11.6 Å². The van der Waals surface area contributed by atoms with Gasteiger partial charge in [-0.3, -0.25) is 0 Å². The molecule has 0 amide bonds. The van der Waals surface area contributed by atoms with E-state index in [1.807, 2.05) is 48.7 Å². The molecule has 0 spiro atoms. The monoisotopic (exact) mass is 474 g/mol. The summed E-state index contributed by atoms with van der Waals surface area (Å²) in [5.41, 5.74) is 4.99. The van der Waals surface area contributed by atoms with Crippen LogP contribution in [0.15, 0.2) is 114 Å². The third-order valence-electron chi connectivity index (χ3n) is 6.99. The largest absolute Gasteiger partial charge is 0.418 e. The molecule has 8 aromatic rings. The zero-order chi connectivity index (χ0) is 24.3. The van der Waals surface area contributed by atoms with Crippen LogP contribution in [0.4, 0.5) is 0 Å². The molecule has 3 heterocycles. The van der Waals surface area contributed by atoms with Gasteiger partial charge >= 0.3 is 0 Å². The van der Waals surface area contributed by atoms with E-state index >= 15 is 0 Å². The number of aromatic nitrogens is 4. The van der Waals surface area contributed by atoms with Crippen molar-refractivity contribution < 1.29 is 4.42 Å². The van der Waals surface area contributed by atoms with E-state index in [1.165, 1.54) is 32.3 Å². The van der Waals surface area contributed by atoms with Crippen molar-refractivity contribution in [2.75, 3.05) is 0 Å². The Morgan fingerprint density at radius 1 is 0.568 bits per heavy atom. The van der Waals surface area contributed by atoms with Crippen molar-refractivity contribution in [3.8, 4) is 34.1 Å². The lowest BCUT2D eigenvalue weighted by Crippen LogP contribution is -1.93. The second-order valence-electron chi connectivity index (χ2n) is 9.16. The van der Waals surface area contributed by atoms with E-state index in [2.05, 4.69) is 69.5 Å². The molecule has 0 N–H and O–H groups in total. The first-order chi connectivity index (χ1) is 18.3. The van der Waals surface area contributed by atoms with Crippen LogP contribution in [-0.4, -0.2) is 19.9 Å². The van der Waals surface area contributed by atoms with Crippen molar-refractivity contribution in [2.24, 2.45) is 0 Å². The Hall–Kier alpha value is -5.16. The maximum absolute atomic E-state index is 5.88. The Bertz CT molecular complexity index is 2060. The minimum absolute atomic E-state index is 0.523. The average Bonchev–Trinajstić information content (AvgIpc) is 3.41. The molecule has 37 heavy (non-hydrogen) atoms. The molecule has 172 valence electrons. The van der Waals surface area contributed by atoms with Gasteiger partial charge in [-0.15, -0.1) is 0 Å². The van der Waals surface area contributed by atoms with Crippen LogP contribution >= 0.6 is 0 Å². The summed E-state index contributed by atoms with van der Waals surface area (Å²) < 4.78 is 5.88. The summed E-state index contributed by atoms with van der Waals surface area (Å²) in [6.07, 6.45) is 3.53. The standard InChI is InChI=1S/C32H18N4O/c1-4-19-9-10-21-11-13-24(25-14-12-20(5-1)28(19)29(21)25)26-15-17-33-30(35-26)22-6-2-7-23(18-22)31-36-27-8-3-16-34-32(27)37-31/h1-18H. The summed E-state index contributed by atoms with van der Waals surface area (Å²) in [5, 5.41) is 7.51.